The molecular weight excluding hydrogens is 272 g/mol. The molecule has 0 amide bonds. The lowest BCUT2D eigenvalue weighted by Gasteiger charge is -2.40. The first-order valence-electron chi connectivity index (χ1n) is 9.19. The molecule has 22 heavy (non-hydrogen) atoms. The minimum absolute atomic E-state index is 0.0228. The van der Waals surface area contributed by atoms with Crippen molar-refractivity contribution in [3.8, 4) is 0 Å². The van der Waals surface area contributed by atoms with Gasteiger partial charge in [0, 0.05) is 6.42 Å². The minimum atomic E-state index is 0.0228. The van der Waals surface area contributed by atoms with Crippen LogP contribution in [0.4, 0.5) is 0 Å². The first-order valence-corrected chi connectivity index (χ1v) is 9.19. The topological polar surface area (TPSA) is 26.3 Å². The van der Waals surface area contributed by atoms with E-state index < -0.39 is 0 Å². The number of carbonyl (C=O) groups excluding carboxylic acids is 1. The molecule has 120 valence electrons. The van der Waals surface area contributed by atoms with E-state index in [4.69, 9.17) is 4.74 Å². The third kappa shape index (κ3) is 2.26. The molecule has 1 spiro atoms. The van der Waals surface area contributed by atoms with Crippen LogP contribution in [0.2, 0.25) is 0 Å². The van der Waals surface area contributed by atoms with Gasteiger partial charge in [-0.05, 0) is 73.2 Å². The van der Waals surface area contributed by atoms with Crippen LogP contribution in [0.25, 0.3) is 0 Å². The first kappa shape index (κ1) is 14.5. The number of hydrogen-bond donors (Lipinski definition) is 0. The Morgan fingerprint density at radius 2 is 2.14 bits per heavy atom. The van der Waals surface area contributed by atoms with Crippen molar-refractivity contribution in [1.82, 2.24) is 0 Å². The Kier molecular flexibility index (Phi) is 3.47. The third-order valence-corrected chi connectivity index (χ3v) is 6.82. The Bertz CT molecular complexity index is 532. The van der Waals surface area contributed by atoms with Crippen molar-refractivity contribution in [1.29, 1.82) is 0 Å². The number of hydrogen-bond acceptors (Lipinski definition) is 2. The predicted molar refractivity (Wildman–Crippen MR) is 87.2 cm³/mol. The summed E-state index contributed by atoms with van der Waals surface area (Å²) >= 11 is 0. The van der Waals surface area contributed by atoms with E-state index in [0.717, 1.165) is 37.0 Å². The van der Waals surface area contributed by atoms with Crippen LogP contribution in [0.1, 0.15) is 58.8 Å². The zero-order valence-electron chi connectivity index (χ0n) is 13.9. The van der Waals surface area contributed by atoms with Crippen molar-refractivity contribution in [3.05, 3.63) is 23.8 Å². The molecular formula is C20H28O2. The zero-order valence-corrected chi connectivity index (χ0v) is 13.9. The van der Waals surface area contributed by atoms with Crippen LogP contribution < -0.4 is 0 Å². The van der Waals surface area contributed by atoms with Gasteiger partial charge in [0.1, 0.15) is 6.10 Å². The lowest BCUT2D eigenvalue weighted by molar-refractivity contribution is -0.154. The molecule has 0 radical (unpaired) electrons. The van der Waals surface area contributed by atoms with E-state index in [-0.39, 0.29) is 12.1 Å². The molecule has 1 aliphatic heterocycles. The maximum absolute atomic E-state index is 11.5. The molecule has 1 heterocycles. The summed E-state index contributed by atoms with van der Waals surface area (Å²) in [6, 6.07) is 0. The normalized spacial score (nSPS) is 46.9. The first-order chi connectivity index (χ1) is 10.6. The van der Waals surface area contributed by atoms with Gasteiger partial charge in [-0.25, -0.2) is 0 Å². The van der Waals surface area contributed by atoms with Crippen LogP contribution in [-0.4, -0.2) is 12.1 Å². The highest BCUT2D eigenvalue weighted by Gasteiger charge is 2.62. The summed E-state index contributed by atoms with van der Waals surface area (Å²) in [5.41, 5.74) is 2.07. The average molecular weight is 300 g/mol. The molecule has 0 N–H and O–H groups in total. The summed E-state index contributed by atoms with van der Waals surface area (Å²) in [5.74, 6) is 2.94. The van der Waals surface area contributed by atoms with Crippen LogP contribution in [-0.2, 0) is 9.53 Å². The van der Waals surface area contributed by atoms with Gasteiger partial charge in [0.25, 0.3) is 0 Å². The summed E-state index contributed by atoms with van der Waals surface area (Å²) < 4.78 is 5.59. The Morgan fingerprint density at radius 3 is 2.95 bits per heavy atom. The van der Waals surface area contributed by atoms with E-state index in [2.05, 4.69) is 32.1 Å². The van der Waals surface area contributed by atoms with Crippen molar-refractivity contribution in [3.63, 3.8) is 0 Å². The molecule has 1 saturated carbocycles. The minimum Gasteiger partial charge on any atom is -0.462 e. The van der Waals surface area contributed by atoms with Gasteiger partial charge >= 0.3 is 5.97 Å². The molecule has 2 nitrogen and oxygen atoms in total. The number of allylic oxidation sites excluding steroid dienone is 4. The van der Waals surface area contributed by atoms with Crippen LogP contribution in [0.5, 0.6) is 0 Å². The molecule has 6 atom stereocenters. The standard InChI is InChI=1S/C20H28O2/c1-13-6-9-18-15(10-13)8-7-14(2)20(18)12-16(20)11-17-4-3-5-19(21)22-17/h7-8,10,13-14,16-18H,3-6,9,11-12H2,1-2H3/t13-,14+,16?,17+,18?,20?/m1/s1. The highest BCUT2D eigenvalue weighted by Crippen LogP contribution is 2.69. The van der Waals surface area contributed by atoms with E-state index in [0.29, 0.717) is 17.8 Å². The lowest BCUT2D eigenvalue weighted by Crippen LogP contribution is -2.33. The number of cyclic esters (lactones) is 1. The van der Waals surface area contributed by atoms with Gasteiger partial charge in [-0.15, -0.1) is 0 Å². The molecule has 0 aromatic rings. The zero-order chi connectivity index (χ0) is 15.3. The van der Waals surface area contributed by atoms with Gasteiger partial charge in [0.15, 0.2) is 0 Å². The summed E-state index contributed by atoms with van der Waals surface area (Å²) in [6.07, 6.45) is 15.4. The second-order valence-corrected chi connectivity index (χ2v) is 8.17. The van der Waals surface area contributed by atoms with Crippen molar-refractivity contribution >= 4 is 5.97 Å². The average Bonchev–Trinajstić information content (AvgIpc) is 3.18. The number of ether oxygens (including phenoxy) is 1. The molecule has 4 rings (SSSR count). The number of fused-ring (bicyclic) bond motifs is 2. The Balaban J connectivity index is 1.51. The second-order valence-electron chi connectivity index (χ2n) is 8.17. The number of esters is 1. The van der Waals surface area contributed by atoms with Crippen LogP contribution in [0.3, 0.4) is 0 Å². The van der Waals surface area contributed by atoms with E-state index in [1.807, 2.05) is 0 Å². The third-order valence-electron chi connectivity index (χ3n) is 6.82. The summed E-state index contributed by atoms with van der Waals surface area (Å²) in [4.78, 5) is 11.5. The smallest absolute Gasteiger partial charge is 0.306 e. The van der Waals surface area contributed by atoms with Gasteiger partial charge in [-0.3, -0.25) is 4.79 Å². The van der Waals surface area contributed by atoms with Crippen molar-refractivity contribution in [2.75, 3.05) is 0 Å². The van der Waals surface area contributed by atoms with Crippen molar-refractivity contribution in [2.45, 2.75) is 64.9 Å². The fourth-order valence-corrected chi connectivity index (χ4v) is 5.54. The van der Waals surface area contributed by atoms with Crippen molar-refractivity contribution in [2.24, 2.45) is 29.1 Å². The van der Waals surface area contributed by atoms with E-state index >= 15 is 0 Å². The van der Waals surface area contributed by atoms with Crippen LogP contribution in [0.15, 0.2) is 23.8 Å². The fraction of sp³-hybridized carbons (Fsp3) is 0.750. The van der Waals surface area contributed by atoms with Gasteiger partial charge in [0.2, 0.25) is 0 Å². The SMILES string of the molecule is C[C@H]1C=C2C=C[C@H](C)C3(CC3C[C@@H]3CCCC(=O)O3)C2CC1. The Labute approximate surface area is 134 Å². The summed E-state index contributed by atoms with van der Waals surface area (Å²) in [7, 11) is 0. The Morgan fingerprint density at radius 1 is 1.27 bits per heavy atom. The summed E-state index contributed by atoms with van der Waals surface area (Å²) in [6.45, 7) is 4.74. The van der Waals surface area contributed by atoms with Gasteiger partial charge in [-0.2, -0.15) is 0 Å². The fourth-order valence-electron chi connectivity index (χ4n) is 5.54. The molecule has 2 fully saturated rings. The molecule has 4 aliphatic rings. The molecule has 3 aliphatic carbocycles. The number of carbonyl (C=O) groups is 1. The largest absolute Gasteiger partial charge is 0.462 e. The molecule has 0 aromatic carbocycles. The molecule has 1 saturated heterocycles. The van der Waals surface area contributed by atoms with Crippen molar-refractivity contribution < 1.29 is 9.53 Å². The lowest BCUT2D eigenvalue weighted by atomic mass is 9.64. The maximum atomic E-state index is 11.5. The van der Waals surface area contributed by atoms with E-state index in [9.17, 15) is 4.79 Å². The monoisotopic (exact) mass is 300 g/mol. The second kappa shape index (κ2) is 5.25. The highest BCUT2D eigenvalue weighted by molar-refractivity contribution is 5.70. The molecule has 2 heteroatoms. The molecule has 0 bridgehead atoms. The van der Waals surface area contributed by atoms with Crippen LogP contribution >= 0.6 is 0 Å². The van der Waals surface area contributed by atoms with Crippen LogP contribution in [0, 0.1) is 29.1 Å². The maximum Gasteiger partial charge on any atom is 0.306 e. The Hall–Kier alpha value is -1.05. The number of rotatable bonds is 2. The van der Waals surface area contributed by atoms with E-state index in [1.165, 1.54) is 19.3 Å². The van der Waals surface area contributed by atoms with Gasteiger partial charge < -0.3 is 4.74 Å². The molecule has 3 unspecified atom stereocenters. The quantitative estimate of drug-likeness (QED) is 0.693. The van der Waals surface area contributed by atoms with Gasteiger partial charge in [0.05, 0.1) is 0 Å². The highest BCUT2D eigenvalue weighted by atomic mass is 16.5. The predicted octanol–water partition coefficient (Wildman–Crippen LogP) is 4.66. The molecule has 0 aromatic heterocycles. The summed E-state index contributed by atoms with van der Waals surface area (Å²) in [5, 5.41) is 0. The van der Waals surface area contributed by atoms with E-state index in [1.54, 1.807) is 5.57 Å². The van der Waals surface area contributed by atoms with Gasteiger partial charge in [-0.1, -0.05) is 32.1 Å².